The Balaban J connectivity index is 1.73. The van der Waals surface area contributed by atoms with E-state index < -0.39 is 0 Å². The molecule has 0 saturated heterocycles. The van der Waals surface area contributed by atoms with Crippen molar-refractivity contribution in [3.63, 3.8) is 0 Å². The summed E-state index contributed by atoms with van der Waals surface area (Å²) in [6.45, 7) is 0. The van der Waals surface area contributed by atoms with Crippen molar-refractivity contribution >= 4 is 23.3 Å². The summed E-state index contributed by atoms with van der Waals surface area (Å²) in [5.74, 6) is 1.72. The van der Waals surface area contributed by atoms with Crippen molar-refractivity contribution in [3.05, 3.63) is 60.9 Å². The highest BCUT2D eigenvalue weighted by molar-refractivity contribution is 6.00. The summed E-state index contributed by atoms with van der Waals surface area (Å²) in [5, 5.41) is 4.83. The van der Waals surface area contributed by atoms with Gasteiger partial charge in [0, 0.05) is 5.56 Å². The standard InChI is InChI=1S/C18H13N5O2/c19-17-15-16(22-23(11-24)18(15)21-10-20-17)12-6-8-14(9-7-12)25-13-4-2-1-3-5-13/h1-11H,(H2,19,20,21). The van der Waals surface area contributed by atoms with Crippen LogP contribution < -0.4 is 10.5 Å². The first-order valence-electron chi connectivity index (χ1n) is 7.53. The van der Waals surface area contributed by atoms with E-state index in [9.17, 15) is 4.79 Å². The van der Waals surface area contributed by atoms with Crippen molar-refractivity contribution in [3.8, 4) is 22.8 Å². The Morgan fingerprint density at radius 1 is 0.960 bits per heavy atom. The van der Waals surface area contributed by atoms with E-state index in [0.717, 1.165) is 16.0 Å². The molecule has 7 heteroatoms. The van der Waals surface area contributed by atoms with Crippen molar-refractivity contribution in [2.24, 2.45) is 0 Å². The van der Waals surface area contributed by atoms with Gasteiger partial charge in [0.05, 0.1) is 5.39 Å². The number of aromatic nitrogens is 4. The number of para-hydroxylation sites is 1. The molecule has 0 spiro atoms. The van der Waals surface area contributed by atoms with Crippen molar-refractivity contribution in [1.29, 1.82) is 0 Å². The molecule has 0 bridgehead atoms. The summed E-state index contributed by atoms with van der Waals surface area (Å²) in [4.78, 5) is 19.3. The van der Waals surface area contributed by atoms with Gasteiger partial charge in [-0.1, -0.05) is 18.2 Å². The highest BCUT2D eigenvalue weighted by Crippen LogP contribution is 2.31. The molecule has 7 nitrogen and oxygen atoms in total. The molecule has 2 aromatic carbocycles. The second-order valence-corrected chi connectivity index (χ2v) is 5.30. The number of benzene rings is 2. The van der Waals surface area contributed by atoms with E-state index in [1.165, 1.54) is 6.33 Å². The van der Waals surface area contributed by atoms with Crippen LogP contribution in [0.3, 0.4) is 0 Å². The molecule has 2 N–H and O–H groups in total. The van der Waals surface area contributed by atoms with Gasteiger partial charge in [-0.2, -0.15) is 9.78 Å². The Kier molecular flexibility index (Phi) is 3.59. The van der Waals surface area contributed by atoms with Crippen molar-refractivity contribution in [2.45, 2.75) is 0 Å². The number of hydrogen-bond donors (Lipinski definition) is 1. The molecule has 0 atom stereocenters. The van der Waals surface area contributed by atoms with Gasteiger partial charge in [0.2, 0.25) is 6.41 Å². The molecule has 0 fully saturated rings. The van der Waals surface area contributed by atoms with Crippen LogP contribution in [0.2, 0.25) is 0 Å². The molecule has 25 heavy (non-hydrogen) atoms. The minimum absolute atomic E-state index is 0.276. The smallest absolute Gasteiger partial charge is 0.236 e. The van der Waals surface area contributed by atoms with Gasteiger partial charge in [-0.05, 0) is 36.4 Å². The molecule has 0 saturated carbocycles. The number of rotatable bonds is 4. The zero-order valence-electron chi connectivity index (χ0n) is 13.0. The third-order valence-corrected chi connectivity index (χ3v) is 3.72. The van der Waals surface area contributed by atoms with E-state index in [1.807, 2.05) is 54.6 Å². The maximum atomic E-state index is 11.2. The fraction of sp³-hybridized carbons (Fsp3) is 0. The maximum Gasteiger partial charge on any atom is 0.236 e. The molecule has 0 radical (unpaired) electrons. The van der Waals surface area contributed by atoms with Gasteiger partial charge < -0.3 is 10.5 Å². The first-order valence-corrected chi connectivity index (χ1v) is 7.53. The fourth-order valence-corrected chi connectivity index (χ4v) is 2.58. The number of hydrogen-bond acceptors (Lipinski definition) is 6. The molecule has 122 valence electrons. The first kappa shape index (κ1) is 14.8. The lowest BCUT2D eigenvalue weighted by molar-refractivity contribution is 0.483. The van der Waals surface area contributed by atoms with Gasteiger partial charge >= 0.3 is 0 Å². The van der Waals surface area contributed by atoms with Crippen LogP contribution in [-0.4, -0.2) is 26.2 Å². The highest BCUT2D eigenvalue weighted by Gasteiger charge is 2.16. The summed E-state index contributed by atoms with van der Waals surface area (Å²) in [5.41, 5.74) is 7.66. The summed E-state index contributed by atoms with van der Waals surface area (Å²) in [7, 11) is 0. The second-order valence-electron chi connectivity index (χ2n) is 5.30. The summed E-state index contributed by atoms with van der Waals surface area (Å²) in [6, 6.07) is 16.9. The van der Waals surface area contributed by atoms with Crippen LogP contribution in [0.5, 0.6) is 11.5 Å². The largest absolute Gasteiger partial charge is 0.457 e. The summed E-state index contributed by atoms with van der Waals surface area (Å²) >= 11 is 0. The minimum Gasteiger partial charge on any atom is -0.457 e. The van der Waals surface area contributed by atoms with Gasteiger partial charge in [-0.25, -0.2) is 9.97 Å². The zero-order valence-corrected chi connectivity index (χ0v) is 13.0. The lowest BCUT2D eigenvalue weighted by atomic mass is 10.1. The minimum atomic E-state index is 0.276. The molecule has 0 unspecified atom stereocenters. The molecule has 4 rings (SSSR count). The van der Waals surface area contributed by atoms with Gasteiger partial charge in [-0.3, -0.25) is 4.79 Å². The quantitative estimate of drug-likeness (QED) is 0.578. The molecule has 0 aliphatic heterocycles. The number of ether oxygens (including phenoxy) is 1. The molecule has 2 aromatic heterocycles. The van der Waals surface area contributed by atoms with Crippen LogP contribution in [0.25, 0.3) is 22.3 Å². The molecule has 0 amide bonds. The molecule has 0 aliphatic carbocycles. The molecule has 2 heterocycles. The molecular formula is C18H13N5O2. The molecule has 0 aliphatic rings. The van der Waals surface area contributed by atoms with Gasteiger partial charge in [-0.15, -0.1) is 0 Å². The maximum absolute atomic E-state index is 11.2. The van der Waals surface area contributed by atoms with Crippen molar-refractivity contribution in [2.75, 3.05) is 5.73 Å². The van der Waals surface area contributed by atoms with E-state index in [0.29, 0.717) is 28.9 Å². The monoisotopic (exact) mass is 331 g/mol. The highest BCUT2D eigenvalue weighted by atomic mass is 16.5. The average Bonchev–Trinajstić information content (AvgIpc) is 3.03. The molecular weight excluding hydrogens is 318 g/mol. The molecule has 4 aromatic rings. The predicted octanol–water partition coefficient (Wildman–Crippen LogP) is 2.91. The number of fused-ring (bicyclic) bond motifs is 1. The Morgan fingerprint density at radius 3 is 2.40 bits per heavy atom. The topological polar surface area (TPSA) is 95.9 Å². The Labute approximate surface area is 142 Å². The van der Waals surface area contributed by atoms with Crippen LogP contribution in [0.15, 0.2) is 60.9 Å². The lowest BCUT2D eigenvalue weighted by Gasteiger charge is -2.06. The Hall–Kier alpha value is -3.74. The average molecular weight is 331 g/mol. The Morgan fingerprint density at radius 2 is 1.68 bits per heavy atom. The van der Waals surface area contributed by atoms with Crippen LogP contribution >= 0.6 is 0 Å². The predicted molar refractivity (Wildman–Crippen MR) is 93.8 cm³/mol. The Bertz CT molecular complexity index is 1040. The van der Waals surface area contributed by atoms with Crippen LogP contribution in [0.1, 0.15) is 0 Å². The van der Waals surface area contributed by atoms with E-state index in [1.54, 1.807) is 0 Å². The fourth-order valence-electron chi connectivity index (χ4n) is 2.58. The zero-order chi connectivity index (χ0) is 17.2. The number of nitrogens with two attached hydrogens (primary N) is 1. The van der Waals surface area contributed by atoms with Gasteiger partial charge in [0.25, 0.3) is 0 Å². The number of nitrogen functional groups attached to an aromatic ring is 1. The first-order chi connectivity index (χ1) is 12.3. The number of carbonyl (C=O) groups excluding carboxylic acids is 1. The third-order valence-electron chi connectivity index (χ3n) is 3.72. The van der Waals surface area contributed by atoms with Gasteiger partial charge in [0.1, 0.15) is 29.3 Å². The lowest BCUT2D eigenvalue weighted by Crippen LogP contribution is -1.99. The normalized spacial score (nSPS) is 10.7. The second kappa shape index (κ2) is 6.04. The van der Waals surface area contributed by atoms with Gasteiger partial charge in [0.15, 0.2) is 5.65 Å². The van der Waals surface area contributed by atoms with Crippen LogP contribution in [0, 0.1) is 0 Å². The van der Waals surface area contributed by atoms with E-state index in [2.05, 4.69) is 15.1 Å². The SMILES string of the molecule is Nc1ncnc2c1c(-c1ccc(Oc3ccccc3)cc1)nn2C=O. The van der Waals surface area contributed by atoms with Crippen molar-refractivity contribution < 1.29 is 9.53 Å². The number of carbonyl (C=O) groups is 1. The van der Waals surface area contributed by atoms with Crippen LogP contribution in [-0.2, 0) is 4.79 Å². The number of nitrogens with zero attached hydrogens (tertiary/aromatic N) is 4. The van der Waals surface area contributed by atoms with E-state index >= 15 is 0 Å². The van der Waals surface area contributed by atoms with Crippen molar-refractivity contribution in [1.82, 2.24) is 19.7 Å². The summed E-state index contributed by atoms with van der Waals surface area (Å²) < 4.78 is 6.93. The third kappa shape index (κ3) is 2.67. The van der Waals surface area contributed by atoms with E-state index in [4.69, 9.17) is 10.5 Å². The summed E-state index contributed by atoms with van der Waals surface area (Å²) in [6.07, 6.45) is 1.89. The van der Waals surface area contributed by atoms with Crippen LogP contribution in [0.4, 0.5) is 5.82 Å². The number of anilines is 1. The van der Waals surface area contributed by atoms with E-state index in [-0.39, 0.29) is 5.82 Å².